The van der Waals surface area contributed by atoms with Crippen molar-refractivity contribution in [2.24, 2.45) is 11.3 Å². The van der Waals surface area contributed by atoms with Gasteiger partial charge >= 0.3 is 0 Å². The topological polar surface area (TPSA) is 69.7 Å². The van der Waals surface area contributed by atoms with Crippen molar-refractivity contribution < 1.29 is 14.4 Å². The summed E-state index contributed by atoms with van der Waals surface area (Å²) in [5.41, 5.74) is 3.10. The number of nitrogens with one attached hydrogen (secondary N) is 1. The third kappa shape index (κ3) is 3.40. The van der Waals surface area contributed by atoms with Gasteiger partial charge in [0.15, 0.2) is 0 Å². The summed E-state index contributed by atoms with van der Waals surface area (Å²) < 4.78 is 0. The molecule has 0 aliphatic carbocycles. The summed E-state index contributed by atoms with van der Waals surface area (Å²) in [6.07, 6.45) is 3.12. The van der Waals surface area contributed by atoms with Crippen LogP contribution in [0, 0.1) is 11.3 Å². The number of piperidine rings is 2. The standard InChI is InChI=1S/C22H29N3O3/c1-22(2,3)15-5-4-10-24(13-15)16-6-7-17-14(11-16)12-25(21(17)28)18-8-9-19(26)23-20(18)27/h6-7,11,15,18H,4-5,8-10,12-13H2,1-3H3,(H,23,26,27). The van der Waals surface area contributed by atoms with Gasteiger partial charge in [-0.25, -0.2) is 0 Å². The van der Waals surface area contributed by atoms with Crippen LogP contribution in [0.2, 0.25) is 0 Å². The third-order valence-corrected chi connectivity index (χ3v) is 6.52. The molecule has 2 saturated heterocycles. The van der Waals surface area contributed by atoms with E-state index in [1.165, 1.54) is 12.8 Å². The molecule has 1 aromatic rings. The zero-order valence-electron chi connectivity index (χ0n) is 17.0. The van der Waals surface area contributed by atoms with Crippen LogP contribution in [0.25, 0.3) is 0 Å². The highest BCUT2D eigenvalue weighted by Gasteiger charge is 2.39. The van der Waals surface area contributed by atoms with Crippen LogP contribution in [0.1, 0.15) is 62.4 Å². The van der Waals surface area contributed by atoms with Crippen molar-refractivity contribution >= 4 is 23.4 Å². The maximum Gasteiger partial charge on any atom is 0.255 e. The molecule has 0 saturated carbocycles. The predicted octanol–water partition coefficient (Wildman–Crippen LogP) is 2.71. The highest BCUT2D eigenvalue weighted by molar-refractivity contribution is 6.05. The fraction of sp³-hybridized carbons (Fsp3) is 0.591. The van der Waals surface area contributed by atoms with Crippen molar-refractivity contribution in [3.63, 3.8) is 0 Å². The van der Waals surface area contributed by atoms with Gasteiger partial charge in [0.2, 0.25) is 11.8 Å². The average molecular weight is 383 g/mol. The Labute approximate surface area is 166 Å². The Morgan fingerprint density at radius 3 is 2.61 bits per heavy atom. The molecule has 0 radical (unpaired) electrons. The van der Waals surface area contributed by atoms with Crippen molar-refractivity contribution in [3.05, 3.63) is 29.3 Å². The van der Waals surface area contributed by atoms with Crippen LogP contribution in [0.5, 0.6) is 0 Å². The molecule has 3 amide bonds. The second-order valence-electron chi connectivity index (χ2n) is 9.39. The quantitative estimate of drug-likeness (QED) is 0.798. The minimum absolute atomic E-state index is 0.109. The smallest absolute Gasteiger partial charge is 0.255 e. The van der Waals surface area contributed by atoms with E-state index in [-0.39, 0.29) is 29.6 Å². The Balaban J connectivity index is 1.53. The molecular weight excluding hydrogens is 354 g/mol. The van der Waals surface area contributed by atoms with Crippen LogP contribution in [0.15, 0.2) is 18.2 Å². The first-order valence-corrected chi connectivity index (χ1v) is 10.3. The Hall–Kier alpha value is -2.37. The lowest BCUT2D eigenvalue weighted by Crippen LogP contribution is -2.52. The molecule has 6 heteroatoms. The van der Waals surface area contributed by atoms with E-state index < -0.39 is 6.04 Å². The van der Waals surface area contributed by atoms with Crippen LogP contribution in [0.4, 0.5) is 5.69 Å². The molecular formula is C22H29N3O3. The summed E-state index contributed by atoms with van der Waals surface area (Å²) >= 11 is 0. The summed E-state index contributed by atoms with van der Waals surface area (Å²) in [4.78, 5) is 40.5. The first kappa shape index (κ1) is 19.0. The van der Waals surface area contributed by atoms with Crippen LogP contribution >= 0.6 is 0 Å². The van der Waals surface area contributed by atoms with Gasteiger partial charge in [-0.05, 0) is 54.4 Å². The molecule has 6 nitrogen and oxygen atoms in total. The number of rotatable bonds is 2. The van der Waals surface area contributed by atoms with Crippen molar-refractivity contribution in [1.29, 1.82) is 0 Å². The van der Waals surface area contributed by atoms with Gasteiger partial charge in [0.1, 0.15) is 6.04 Å². The highest BCUT2D eigenvalue weighted by Crippen LogP contribution is 2.36. The summed E-state index contributed by atoms with van der Waals surface area (Å²) in [6, 6.07) is 5.50. The largest absolute Gasteiger partial charge is 0.371 e. The molecule has 150 valence electrons. The molecule has 3 aliphatic rings. The zero-order chi connectivity index (χ0) is 20.1. The van der Waals surface area contributed by atoms with Crippen molar-refractivity contribution in [3.8, 4) is 0 Å². The number of anilines is 1. The van der Waals surface area contributed by atoms with Gasteiger partial charge < -0.3 is 9.80 Å². The number of hydrogen-bond acceptors (Lipinski definition) is 4. The summed E-state index contributed by atoms with van der Waals surface area (Å²) in [5.74, 6) is -0.0776. The summed E-state index contributed by atoms with van der Waals surface area (Å²) in [6.45, 7) is 9.43. The molecule has 0 bridgehead atoms. The third-order valence-electron chi connectivity index (χ3n) is 6.52. The maximum absolute atomic E-state index is 12.8. The fourth-order valence-corrected chi connectivity index (χ4v) is 4.68. The Morgan fingerprint density at radius 2 is 1.89 bits per heavy atom. The van der Waals surface area contributed by atoms with Gasteiger partial charge in [-0.3, -0.25) is 19.7 Å². The SMILES string of the molecule is CC(C)(C)C1CCCN(c2ccc3c(c2)CN(C2CCC(=O)NC2=O)C3=O)C1. The van der Waals surface area contributed by atoms with Gasteiger partial charge in [0.25, 0.3) is 5.91 Å². The first-order chi connectivity index (χ1) is 13.2. The molecule has 2 fully saturated rings. The lowest BCUT2D eigenvalue weighted by atomic mass is 9.76. The molecule has 0 aromatic heterocycles. The van der Waals surface area contributed by atoms with E-state index in [2.05, 4.69) is 37.1 Å². The van der Waals surface area contributed by atoms with Crippen LogP contribution in [-0.2, 0) is 16.1 Å². The Kier molecular flexibility index (Phi) is 4.68. The number of amides is 3. The monoisotopic (exact) mass is 383 g/mol. The minimum atomic E-state index is -0.554. The molecule has 1 N–H and O–H groups in total. The fourth-order valence-electron chi connectivity index (χ4n) is 4.68. The number of hydrogen-bond donors (Lipinski definition) is 1. The molecule has 28 heavy (non-hydrogen) atoms. The lowest BCUT2D eigenvalue weighted by molar-refractivity contribution is -0.136. The van der Waals surface area contributed by atoms with E-state index in [1.807, 2.05) is 12.1 Å². The van der Waals surface area contributed by atoms with Crippen LogP contribution in [0.3, 0.4) is 0 Å². The van der Waals surface area contributed by atoms with Crippen molar-refractivity contribution in [1.82, 2.24) is 10.2 Å². The molecule has 1 aromatic carbocycles. The van der Waals surface area contributed by atoms with Gasteiger partial charge in [-0.2, -0.15) is 0 Å². The summed E-state index contributed by atoms with van der Waals surface area (Å²) in [7, 11) is 0. The molecule has 0 spiro atoms. The van der Waals surface area contributed by atoms with E-state index in [9.17, 15) is 14.4 Å². The predicted molar refractivity (Wildman–Crippen MR) is 107 cm³/mol. The van der Waals surface area contributed by atoms with Crippen molar-refractivity contribution in [2.75, 3.05) is 18.0 Å². The van der Waals surface area contributed by atoms with E-state index in [0.29, 0.717) is 24.4 Å². The number of carbonyl (C=O) groups excluding carboxylic acids is 3. The maximum atomic E-state index is 12.8. The molecule has 3 aliphatic heterocycles. The van der Waals surface area contributed by atoms with E-state index in [4.69, 9.17) is 0 Å². The van der Waals surface area contributed by atoms with Gasteiger partial charge in [0.05, 0.1) is 0 Å². The van der Waals surface area contributed by atoms with Crippen LogP contribution in [-0.4, -0.2) is 41.8 Å². The molecule has 3 heterocycles. The normalized spacial score (nSPS) is 25.8. The minimum Gasteiger partial charge on any atom is -0.371 e. The number of fused-ring (bicyclic) bond motifs is 1. The van der Waals surface area contributed by atoms with E-state index in [1.54, 1.807) is 4.90 Å². The molecule has 2 unspecified atom stereocenters. The lowest BCUT2D eigenvalue weighted by Gasteiger charge is -2.41. The number of carbonyl (C=O) groups is 3. The first-order valence-electron chi connectivity index (χ1n) is 10.3. The van der Waals surface area contributed by atoms with Gasteiger partial charge in [-0.15, -0.1) is 0 Å². The van der Waals surface area contributed by atoms with Gasteiger partial charge in [-0.1, -0.05) is 20.8 Å². The number of nitrogens with zero attached hydrogens (tertiary/aromatic N) is 2. The van der Waals surface area contributed by atoms with E-state index >= 15 is 0 Å². The Morgan fingerprint density at radius 1 is 1.11 bits per heavy atom. The second kappa shape index (κ2) is 6.90. The van der Waals surface area contributed by atoms with Crippen molar-refractivity contribution in [2.45, 2.75) is 59.0 Å². The second-order valence-corrected chi connectivity index (χ2v) is 9.39. The highest BCUT2D eigenvalue weighted by atomic mass is 16.2. The molecule has 4 rings (SSSR count). The summed E-state index contributed by atoms with van der Waals surface area (Å²) in [5, 5.41) is 2.36. The average Bonchev–Trinajstić information content (AvgIpc) is 2.97. The number of imide groups is 1. The molecule has 2 atom stereocenters. The number of benzene rings is 1. The van der Waals surface area contributed by atoms with E-state index in [0.717, 1.165) is 24.3 Å². The van der Waals surface area contributed by atoms with Gasteiger partial charge in [0, 0.05) is 37.3 Å². The van der Waals surface area contributed by atoms with Crippen LogP contribution < -0.4 is 10.2 Å². The zero-order valence-corrected chi connectivity index (χ0v) is 17.0. The Bertz CT molecular complexity index is 827.